The van der Waals surface area contributed by atoms with Gasteiger partial charge in [0, 0.05) is 12.4 Å². The molecule has 1 aromatic heterocycles. The fourth-order valence-corrected chi connectivity index (χ4v) is 4.09. The van der Waals surface area contributed by atoms with Gasteiger partial charge in [0.15, 0.2) is 10.8 Å². The van der Waals surface area contributed by atoms with Gasteiger partial charge in [-0.1, -0.05) is 5.16 Å². The number of anilines is 1. The summed E-state index contributed by atoms with van der Waals surface area (Å²) in [4.78, 5) is 33.0. The first kappa shape index (κ1) is 22.9. The topological polar surface area (TPSA) is 220 Å². The Bertz CT molecular complexity index is 1030. The summed E-state index contributed by atoms with van der Waals surface area (Å²) >= 11 is 1.00. The average molecular weight is 472 g/mol. The van der Waals surface area contributed by atoms with Crippen LogP contribution in [0.2, 0.25) is 0 Å². The highest BCUT2D eigenvalue weighted by molar-refractivity contribution is 7.84. The van der Waals surface area contributed by atoms with E-state index in [4.69, 9.17) is 10.3 Å². The summed E-state index contributed by atoms with van der Waals surface area (Å²) in [6, 6.07) is -3.09. The molecule has 1 saturated heterocycles. The highest BCUT2D eigenvalue weighted by Crippen LogP contribution is 2.24. The quantitative estimate of drug-likeness (QED) is 0.123. The van der Waals surface area contributed by atoms with Crippen molar-refractivity contribution in [1.29, 1.82) is 0 Å². The highest BCUT2D eigenvalue weighted by atomic mass is 32.2. The summed E-state index contributed by atoms with van der Waals surface area (Å²) in [5.74, 6) is -2.21. The Hall–Kier alpha value is -2.38. The first-order chi connectivity index (χ1) is 13.4. The number of carbonyl (C=O) groups is 2. The van der Waals surface area contributed by atoms with Crippen LogP contribution in [0.1, 0.15) is 5.69 Å². The second kappa shape index (κ2) is 8.55. The third-order valence-corrected chi connectivity index (χ3v) is 6.08. The predicted molar refractivity (Wildman–Crippen MR) is 98.1 cm³/mol. The zero-order valence-corrected chi connectivity index (χ0v) is 17.2. The predicted octanol–water partition coefficient (Wildman–Crippen LogP) is -2.94. The SMILES string of the molecule is CNS(=O)(=O)OC[C@@H]1[C@H](NC(=O)/C(=N/OC)c2csc(N)n2)C(=O)N1S(=O)(=O)O. The molecular weight excluding hydrogens is 456 g/mol. The van der Waals surface area contributed by atoms with Gasteiger partial charge in [0.1, 0.15) is 24.9 Å². The number of aromatic nitrogens is 1. The number of nitrogen functional groups attached to an aromatic ring is 1. The molecule has 0 radical (unpaired) electrons. The monoisotopic (exact) mass is 472 g/mol. The van der Waals surface area contributed by atoms with Crippen molar-refractivity contribution in [2.45, 2.75) is 12.1 Å². The van der Waals surface area contributed by atoms with E-state index in [9.17, 15) is 26.4 Å². The van der Waals surface area contributed by atoms with Gasteiger partial charge in [0.05, 0.1) is 6.61 Å². The minimum absolute atomic E-state index is 0.0168. The van der Waals surface area contributed by atoms with Crippen molar-refractivity contribution in [2.24, 2.45) is 5.16 Å². The molecule has 1 fully saturated rings. The molecule has 2 rings (SSSR count). The molecule has 2 heterocycles. The molecule has 2 atom stereocenters. The van der Waals surface area contributed by atoms with Crippen LogP contribution in [0.5, 0.6) is 0 Å². The number of carbonyl (C=O) groups excluding carboxylic acids is 2. The zero-order chi connectivity index (χ0) is 22.0. The van der Waals surface area contributed by atoms with Crippen LogP contribution in [-0.4, -0.2) is 81.1 Å². The fraction of sp³-hybridized carbons (Fsp3) is 0.455. The van der Waals surface area contributed by atoms with Crippen LogP contribution in [0.25, 0.3) is 0 Å². The smallest absolute Gasteiger partial charge is 0.362 e. The normalized spacial score (nSPS) is 20.3. The van der Waals surface area contributed by atoms with E-state index < -0.39 is 51.1 Å². The van der Waals surface area contributed by atoms with E-state index in [0.29, 0.717) is 0 Å². The maximum Gasteiger partial charge on any atom is 0.362 e. The summed E-state index contributed by atoms with van der Waals surface area (Å²) in [5, 5.41) is 7.19. The van der Waals surface area contributed by atoms with Gasteiger partial charge in [0.25, 0.3) is 11.8 Å². The van der Waals surface area contributed by atoms with E-state index in [1.165, 1.54) is 5.38 Å². The summed E-state index contributed by atoms with van der Waals surface area (Å²) in [6.07, 6.45) is 0. The Balaban J connectivity index is 2.24. The molecular formula is C11H16N6O9S3. The number of thiazole rings is 1. The third-order valence-electron chi connectivity index (χ3n) is 3.51. The minimum Gasteiger partial charge on any atom is -0.398 e. The molecule has 0 saturated carbocycles. The molecule has 18 heteroatoms. The molecule has 0 aliphatic carbocycles. The second-order valence-corrected chi connectivity index (χ2v) is 9.00. The molecule has 162 valence electrons. The average Bonchev–Trinajstić information content (AvgIpc) is 3.05. The maximum absolute atomic E-state index is 12.5. The highest BCUT2D eigenvalue weighted by Gasteiger charge is 2.54. The van der Waals surface area contributed by atoms with E-state index in [-0.39, 0.29) is 20.8 Å². The Labute approximate surface area is 169 Å². The summed E-state index contributed by atoms with van der Waals surface area (Å²) in [7, 11) is -7.08. The lowest BCUT2D eigenvalue weighted by Crippen LogP contribution is -2.73. The number of oxime groups is 1. The van der Waals surface area contributed by atoms with Crippen molar-refractivity contribution in [2.75, 3.05) is 26.5 Å². The van der Waals surface area contributed by atoms with Crippen LogP contribution in [0.15, 0.2) is 10.5 Å². The molecule has 2 amide bonds. The number of nitrogens with zero attached hydrogens (tertiary/aromatic N) is 3. The van der Waals surface area contributed by atoms with E-state index >= 15 is 0 Å². The number of hydrogen-bond donors (Lipinski definition) is 4. The van der Waals surface area contributed by atoms with Crippen LogP contribution in [0, 0.1) is 0 Å². The number of hydrogen-bond acceptors (Lipinski definition) is 12. The molecule has 15 nitrogen and oxygen atoms in total. The van der Waals surface area contributed by atoms with E-state index in [0.717, 1.165) is 25.5 Å². The standard InChI is InChI=1S/C11H16N6O9S3/c1-13-28(20,21)26-3-6-8(10(19)17(6)29(22,23)24)15-9(18)7(16-25-2)5-4-27-11(12)14-5/h4,6,8,13H,3H2,1-2H3,(H2,12,14)(H,15,18)(H,22,23,24)/b16-7+/t6-,8+/m1/s1. The van der Waals surface area contributed by atoms with E-state index in [1.807, 2.05) is 4.72 Å². The Morgan fingerprint density at radius 2 is 2.10 bits per heavy atom. The third kappa shape index (κ3) is 5.16. The summed E-state index contributed by atoms with van der Waals surface area (Å²) < 4.78 is 61.1. The lowest BCUT2D eigenvalue weighted by molar-refractivity contribution is -0.146. The van der Waals surface area contributed by atoms with Crippen LogP contribution in [0.3, 0.4) is 0 Å². The number of β-lactam (4-membered cyclic amide) rings is 1. The van der Waals surface area contributed by atoms with Gasteiger partial charge in [-0.05, 0) is 0 Å². The Morgan fingerprint density at radius 3 is 2.59 bits per heavy atom. The van der Waals surface area contributed by atoms with Gasteiger partial charge in [-0.15, -0.1) is 11.3 Å². The molecule has 0 aromatic carbocycles. The molecule has 1 aliphatic heterocycles. The van der Waals surface area contributed by atoms with Gasteiger partial charge in [-0.2, -0.15) is 21.6 Å². The first-order valence-electron chi connectivity index (χ1n) is 7.43. The fourth-order valence-electron chi connectivity index (χ4n) is 2.25. The molecule has 1 aliphatic rings. The van der Waals surface area contributed by atoms with E-state index in [1.54, 1.807) is 0 Å². The molecule has 5 N–H and O–H groups in total. The minimum atomic E-state index is -5.03. The molecule has 29 heavy (non-hydrogen) atoms. The lowest BCUT2D eigenvalue weighted by Gasteiger charge is -2.43. The molecule has 0 bridgehead atoms. The van der Waals surface area contributed by atoms with Gasteiger partial charge in [-0.25, -0.2) is 9.29 Å². The lowest BCUT2D eigenvalue weighted by atomic mass is 9.99. The van der Waals surface area contributed by atoms with Gasteiger partial charge in [0.2, 0.25) is 0 Å². The molecule has 0 unspecified atom stereocenters. The molecule has 0 spiro atoms. The Morgan fingerprint density at radius 1 is 1.45 bits per heavy atom. The number of rotatable bonds is 9. The van der Waals surface area contributed by atoms with Gasteiger partial charge >= 0.3 is 20.6 Å². The van der Waals surface area contributed by atoms with Crippen molar-refractivity contribution in [3.8, 4) is 0 Å². The van der Waals surface area contributed by atoms with Crippen LogP contribution >= 0.6 is 11.3 Å². The number of nitrogens with one attached hydrogen (secondary N) is 2. The van der Waals surface area contributed by atoms with Crippen molar-refractivity contribution >= 4 is 54.6 Å². The van der Waals surface area contributed by atoms with Crippen LogP contribution < -0.4 is 15.8 Å². The van der Waals surface area contributed by atoms with Crippen LogP contribution in [-0.2, 0) is 39.2 Å². The van der Waals surface area contributed by atoms with Crippen molar-refractivity contribution in [3.63, 3.8) is 0 Å². The van der Waals surface area contributed by atoms with Crippen molar-refractivity contribution in [1.82, 2.24) is 19.3 Å². The van der Waals surface area contributed by atoms with Crippen LogP contribution in [0.4, 0.5) is 5.13 Å². The van der Waals surface area contributed by atoms with Crippen molar-refractivity contribution in [3.05, 3.63) is 11.1 Å². The summed E-state index contributed by atoms with van der Waals surface area (Å²) in [5.41, 5.74) is 5.15. The van der Waals surface area contributed by atoms with Gasteiger partial charge < -0.3 is 15.9 Å². The maximum atomic E-state index is 12.5. The summed E-state index contributed by atoms with van der Waals surface area (Å²) in [6.45, 7) is -0.875. The van der Waals surface area contributed by atoms with Gasteiger partial charge in [-0.3, -0.25) is 18.3 Å². The first-order valence-corrected chi connectivity index (χ1v) is 11.1. The van der Waals surface area contributed by atoms with Crippen molar-refractivity contribution < 1.29 is 40.0 Å². The Kier molecular flexibility index (Phi) is 6.75. The number of nitrogens with two attached hydrogens (primary N) is 1. The largest absolute Gasteiger partial charge is 0.398 e. The second-order valence-electron chi connectivity index (χ2n) is 5.27. The molecule has 1 aromatic rings. The zero-order valence-electron chi connectivity index (χ0n) is 14.8. The van der Waals surface area contributed by atoms with E-state index in [2.05, 4.69) is 24.5 Å². The number of amides is 2.